The summed E-state index contributed by atoms with van der Waals surface area (Å²) in [6.07, 6.45) is 9.50. The number of ketones is 1. The summed E-state index contributed by atoms with van der Waals surface area (Å²) in [5.41, 5.74) is 0.764. The largest absolute Gasteiger partial charge is 0.396 e. The van der Waals surface area contributed by atoms with Crippen LogP contribution in [0.5, 0.6) is 0 Å². The van der Waals surface area contributed by atoms with E-state index in [1.54, 1.807) is 6.92 Å². The molecule has 1 aliphatic heterocycles. The number of carbonyl (C=O) groups excluding carboxylic acids is 1. The summed E-state index contributed by atoms with van der Waals surface area (Å²) in [5, 5.41) is 23.5. The molecule has 0 bridgehead atoms. The number of Topliss-reactive ketones (excluding diaryl/α,β-unsaturated/α-hetero) is 1. The lowest BCUT2D eigenvalue weighted by molar-refractivity contribution is -0.320. The molecule has 214 valence electrons. The minimum absolute atomic E-state index is 0.0118. The van der Waals surface area contributed by atoms with Crippen LogP contribution in [0, 0.1) is 56.7 Å². The van der Waals surface area contributed by atoms with Gasteiger partial charge in [-0.15, -0.1) is 0 Å². The van der Waals surface area contributed by atoms with Gasteiger partial charge in [0, 0.05) is 35.7 Å². The van der Waals surface area contributed by atoms with Gasteiger partial charge in [-0.25, -0.2) is 0 Å². The number of aliphatic hydroxyl groups excluding tert-OH is 2. The van der Waals surface area contributed by atoms with Crippen LogP contribution in [0.4, 0.5) is 0 Å². The Kier molecular flexibility index (Phi) is 6.06. The van der Waals surface area contributed by atoms with E-state index in [1.807, 2.05) is 0 Å². The lowest BCUT2D eigenvalue weighted by Gasteiger charge is -2.72. The summed E-state index contributed by atoms with van der Waals surface area (Å²) in [6.45, 7) is 17.3. The quantitative estimate of drug-likeness (QED) is 0.435. The summed E-state index contributed by atoms with van der Waals surface area (Å²) in [4.78, 5) is 12.8. The maximum Gasteiger partial charge on any atom is 0.173 e. The van der Waals surface area contributed by atoms with Gasteiger partial charge in [0.2, 0.25) is 0 Å². The molecule has 4 unspecified atom stereocenters. The molecule has 5 nitrogen and oxygen atoms in total. The van der Waals surface area contributed by atoms with Crippen molar-refractivity contribution in [1.82, 2.24) is 0 Å². The minimum Gasteiger partial charge on any atom is -0.396 e. The second-order valence-corrected chi connectivity index (χ2v) is 16.1. The maximum absolute atomic E-state index is 12.8. The first-order valence-corrected chi connectivity index (χ1v) is 15.5. The predicted octanol–water partition coefficient (Wildman–Crippen LogP) is 5.92. The maximum atomic E-state index is 12.8. The zero-order chi connectivity index (χ0) is 27.5. The third-order valence-electron chi connectivity index (χ3n) is 13.8. The highest BCUT2D eigenvalue weighted by Crippen LogP contribution is 2.76. The van der Waals surface area contributed by atoms with E-state index >= 15 is 0 Å². The van der Waals surface area contributed by atoms with Crippen LogP contribution in [0.15, 0.2) is 11.6 Å². The Bertz CT molecular complexity index is 1020. The Labute approximate surface area is 230 Å². The fourth-order valence-electron chi connectivity index (χ4n) is 12.0. The number of rotatable bonds is 2. The molecule has 1 saturated heterocycles. The first-order valence-electron chi connectivity index (χ1n) is 15.5. The van der Waals surface area contributed by atoms with Crippen LogP contribution >= 0.6 is 0 Å². The molecule has 5 aliphatic carbocycles. The molecule has 0 amide bonds. The Balaban J connectivity index is 1.44. The Morgan fingerprint density at radius 2 is 1.66 bits per heavy atom. The van der Waals surface area contributed by atoms with Gasteiger partial charge in [-0.3, -0.25) is 4.79 Å². The van der Waals surface area contributed by atoms with Crippen LogP contribution in [0.3, 0.4) is 0 Å². The lowest BCUT2D eigenvalue weighted by atomic mass is 9.33. The molecule has 0 radical (unpaired) electrons. The van der Waals surface area contributed by atoms with Crippen molar-refractivity contribution < 1.29 is 24.5 Å². The van der Waals surface area contributed by atoms with Crippen molar-refractivity contribution in [3.8, 4) is 0 Å². The van der Waals surface area contributed by atoms with E-state index in [4.69, 9.17) is 9.47 Å². The van der Waals surface area contributed by atoms with Crippen LogP contribution < -0.4 is 0 Å². The van der Waals surface area contributed by atoms with Crippen molar-refractivity contribution in [1.29, 1.82) is 0 Å². The van der Waals surface area contributed by atoms with Crippen LogP contribution in [-0.2, 0) is 14.3 Å². The first-order chi connectivity index (χ1) is 17.7. The molecule has 6 rings (SSSR count). The van der Waals surface area contributed by atoms with Gasteiger partial charge in [0.1, 0.15) is 5.78 Å². The summed E-state index contributed by atoms with van der Waals surface area (Å²) in [5.74, 6) is 0.827. The van der Waals surface area contributed by atoms with E-state index in [-0.39, 0.29) is 51.4 Å². The summed E-state index contributed by atoms with van der Waals surface area (Å²) in [6, 6.07) is 0. The number of allylic oxidation sites excluding steroid dienone is 1. The summed E-state index contributed by atoms with van der Waals surface area (Å²) >= 11 is 0. The van der Waals surface area contributed by atoms with E-state index in [0.717, 1.165) is 51.4 Å². The molecule has 2 N–H and O–H groups in total. The molecule has 6 aliphatic rings. The smallest absolute Gasteiger partial charge is 0.173 e. The molecule has 1 heterocycles. The molecule has 0 aromatic carbocycles. The molecule has 5 fully saturated rings. The number of fused-ring (bicyclic) bond motifs is 7. The first kappa shape index (κ1) is 27.4. The van der Waals surface area contributed by atoms with Crippen molar-refractivity contribution in [3.63, 3.8) is 0 Å². The van der Waals surface area contributed by atoms with E-state index in [1.165, 1.54) is 5.57 Å². The Morgan fingerprint density at radius 3 is 2.29 bits per heavy atom. The van der Waals surface area contributed by atoms with Crippen molar-refractivity contribution in [2.75, 3.05) is 19.8 Å². The SMILES string of the molecule is CC(=O)[C@@H]1CC(C)(C)CC2C3=C[C@H](O)C4[C@@]5(CO)CCC6(OCCO6)C(C)(C)C5CC[C@@]4(C)[C@]3(C)CCC21. The van der Waals surface area contributed by atoms with Crippen molar-refractivity contribution >= 4 is 5.78 Å². The second kappa shape index (κ2) is 8.39. The van der Waals surface area contributed by atoms with E-state index in [0.29, 0.717) is 30.8 Å². The molecule has 0 aromatic rings. The molecule has 38 heavy (non-hydrogen) atoms. The molecule has 1 spiro atoms. The standard InChI is InChI=1S/C33H52O5/c1-20(35)22-17-28(2,3)18-23-21(22)8-10-30(6)24(23)16-25(36)27-31(30,7)11-9-26-29(4,5)33(37-14-15-38-33)13-12-32(26,27)19-34/h16,21-23,25-27,34,36H,8-15,17-19H2,1-7H3/t21?,22-,23?,25-,26?,27?,30+,31+,32+/m0/s1. The number of carbonyl (C=O) groups is 1. The average molecular weight is 529 g/mol. The highest BCUT2D eigenvalue weighted by molar-refractivity contribution is 5.79. The van der Waals surface area contributed by atoms with Gasteiger partial charge in [0.25, 0.3) is 0 Å². The third-order valence-corrected chi connectivity index (χ3v) is 13.8. The minimum atomic E-state index is -0.590. The zero-order valence-electron chi connectivity index (χ0n) is 24.9. The monoisotopic (exact) mass is 528 g/mol. The van der Waals surface area contributed by atoms with Gasteiger partial charge in [-0.2, -0.15) is 0 Å². The van der Waals surface area contributed by atoms with Gasteiger partial charge >= 0.3 is 0 Å². The van der Waals surface area contributed by atoms with Gasteiger partial charge in [0.15, 0.2) is 5.79 Å². The number of hydrogen-bond acceptors (Lipinski definition) is 5. The van der Waals surface area contributed by atoms with Crippen LogP contribution in [0.25, 0.3) is 0 Å². The Morgan fingerprint density at radius 1 is 0.974 bits per heavy atom. The number of hydrogen-bond donors (Lipinski definition) is 2. The van der Waals surface area contributed by atoms with E-state index in [9.17, 15) is 15.0 Å². The Hall–Kier alpha value is -0.750. The van der Waals surface area contributed by atoms with Gasteiger partial charge in [0.05, 0.1) is 19.3 Å². The predicted molar refractivity (Wildman–Crippen MR) is 147 cm³/mol. The number of ether oxygens (including phenoxy) is 2. The highest BCUT2D eigenvalue weighted by Gasteiger charge is 2.73. The lowest BCUT2D eigenvalue weighted by Crippen LogP contribution is -2.70. The van der Waals surface area contributed by atoms with Crippen molar-refractivity contribution in [2.45, 2.75) is 112 Å². The van der Waals surface area contributed by atoms with E-state index in [2.05, 4.69) is 47.6 Å². The average Bonchev–Trinajstić information content (AvgIpc) is 3.32. The summed E-state index contributed by atoms with van der Waals surface area (Å²) < 4.78 is 12.7. The van der Waals surface area contributed by atoms with Gasteiger partial charge in [-0.1, -0.05) is 53.2 Å². The van der Waals surface area contributed by atoms with Gasteiger partial charge in [-0.05, 0) is 85.9 Å². The fraction of sp³-hybridized carbons (Fsp3) is 0.909. The second-order valence-electron chi connectivity index (χ2n) is 16.1. The molecule has 5 heteroatoms. The van der Waals surface area contributed by atoms with Crippen molar-refractivity contribution in [3.05, 3.63) is 11.6 Å². The number of aliphatic hydroxyl groups is 2. The molecule has 4 saturated carbocycles. The zero-order valence-corrected chi connectivity index (χ0v) is 24.9. The third kappa shape index (κ3) is 3.28. The fourth-order valence-corrected chi connectivity index (χ4v) is 12.0. The summed E-state index contributed by atoms with van der Waals surface area (Å²) in [7, 11) is 0. The van der Waals surface area contributed by atoms with Gasteiger partial charge < -0.3 is 19.7 Å². The molecular formula is C33H52O5. The topological polar surface area (TPSA) is 76.0 Å². The molecule has 0 aromatic heterocycles. The van der Waals surface area contributed by atoms with Crippen LogP contribution in [0.2, 0.25) is 0 Å². The highest BCUT2D eigenvalue weighted by atomic mass is 16.7. The van der Waals surface area contributed by atoms with Crippen molar-refractivity contribution in [2.24, 2.45) is 56.7 Å². The molecular weight excluding hydrogens is 476 g/mol. The van der Waals surface area contributed by atoms with Crippen LogP contribution in [0.1, 0.15) is 99.8 Å². The normalized spacial score (nSPS) is 50.3. The molecule has 9 atom stereocenters. The van der Waals surface area contributed by atoms with E-state index < -0.39 is 11.9 Å². The van der Waals surface area contributed by atoms with Crippen LogP contribution in [-0.4, -0.2) is 47.7 Å².